The summed E-state index contributed by atoms with van der Waals surface area (Å²) in [7, 11) is 0. The fraction of sp³-hybridized carbons (Fsp3) is 0.400. The second-order valence-electron chi connectivity index (χ2n) is 5.14. The molecule has 0 bridgehead atoms. The van der Waals surface area contributed by atoms with Crippen molar-refractivity contribution in [3.63, 3.8) is 0 Å². The number of rotatable bonds is 8. The molecule has 7 heteroatoms. The van der Waals surface area contributed by atoms with Gasteiger partial charge in [-0.1, -0.05) is 13.0 Å². The van der Waals surface area contributed by atoms with Gasteiger partial charge in [-0.25, -0.2) is 4.79 Å². The molecule has 0 amide bonds. The van der Waals surface area contributed by atoms with E-state index >= 15 is 0 Å². The highest BCUT2D eigenvalue weighted by Gasteiger charge is 2.19. The third-order valence-corrected chi connectivity index (χ3v) is 3.31. The molecule has 1 unspecified atom stereocenters. The Kier molecular flexibility index (Phi) is 5.91. The minimum atomic E-state index is -1.09. The number of carboxylic acids is 3. The summed E-state index contributed by atoms with van der Waals surface area (Å²) in [5, 5.41) is 26.9. The molecule has 7 nitrogen and oxygen atoms in total. The zero-order valence-corrected chi connectivity index (χ0v) is 12.4. The van der Waals surface area contributed by atoms with Crippen molar-refractivity contribution >= 4 is 23.6 Å². The number of aliphatic carboxylic acids is 2. The van der Waals surface area contributed by atoms with Crippen LogP contribution in [0.3, 0.4) is 0 Å². The number of benzene rings is 1. The second kappa shape index (κ2) is 7.44. The monoisotopic (exact) mass is 309 g/mol. The first-order chi connectivity index (χ1) is 10.2. The molecule has 0 saturated heterocycles. The molecule has 3 N–H and O–H groups in total. The lowest BCUT2D eigenvalue weighted by molar-refractivity contribution is -0.140. The average molecular weight is 309 g/mol. The van der Waals surface area contributed by atoms with Gasteiger partial charge >= 0.3 is 17.9 Å². The molecule has 0 spiro atoms. The first kappa shape index (κ1) is 17.5. The van der Waals surface area contributed by atoms with Gasteiger partial charge < -0.3 is 20.2 Å². The van der Waals surface area contributed by atoms with Crippen molar-refractivity contribution in [1.29, 1.82) is 0 Å². The zero-order valence-electron chi connectivity index (χ0n) is 12.4. The van der Waals surface area contributed by atoms with Crippen LogP contribution < -0.4 is 4.90 Å². The van der Waals surface area contributed by atoms with Crippen LogP contribution in [0.15, 0.2) is 18.2 Å². The van der Waals surface area contributed by atoms with Crippen LogP contribution in [-0.2, 0) is 9.59 Å². The van der Waals surface area contributed by atoms with Crippen LogP contribution in [0.25, 0.3) is 0 Å². The zero-order chi connectivity index (χ0) is 16.9. The van der Waals surface area contributed by atoms with Gasteiger partial charge in [0.2, 0.25) is 0 Å². The number of nitrogens with zero attached hydrogens (tertiary/aromatic N) is 1. The first-order valence-corrected chi connectivity index (χ1v) is 6.76. The Labute approximate surface area is 127 Å². The fourth-order valence-electron chi connectivity index (χ4n) is 2.03. The summed E-state index contributed by atoms with van der Waals surface area (Å²) in [6.45, 7) is 3.50. The van der Waals surface area contributed by atoms with Crippen LogP contribution in [0.2, 0.25) is 0 Å². The highest BCUT2D eigenvalue weighted by Crippen LogP contribution is 2.23. The largest absolute Gasteiger partial charge is 0.481 e. The van der Waals surface area contributed by atoms with Crippen molar-refractivity contribution < 1.29 is 29.7 Å². The molecule has 1 aromatic carbocycles. The molecule has 0 aliphatic heterocycles. The van der Waals surface area contributed by atoms with Crippen molar-refractivity contribution in [2.45, 2.75) is 20.3 Å². The van der Waals surface area contributed by atoms with Crippen molar-refractivity contribution in [3.05, 3.63) is 29.3 Å². The van der Waals surface area contributed by atoms with Crippen LogP contribution in [0.4, 0.5) is 5.69 Å². The normalized spacial score (nSPS) is 11.7. The number of hydrogen-bond acceptors (Lipinski definition) is 4. The average Bonchev–Trinajstić information content (AvgIpc) is 2.43. The number of aromatic carboxylic acids is 1. The molecule has 22 heavy (non-hydrogen) atoms. The molecule has 0 radical (unpaired) electrons. The molecule has 0 aromatic heterocycles. The maximum atomic E-state index is 11.1. The van der Waals surface area contributed by atoms with Crippen LogP contribution in [-0.4, -0.2) is 46.3 Å². The van der Waals surface area contributed by atoms with E-state index in [-0.39, 0.29) is 25.1 Å². The molecule has 1 aromatic rings. The Balaban J connectivity index is 3.13. The predicted molar refractivity (Wildman–Crippen MR) is 79.4 cm³/mol. The van der Waals surface area contributed by atoms with Gasteiger partial charge in [0.25, 0.3) is 0 Å². The molecule has 120 valence electrons. The number of aryl methyl sites for hydroxylation is 1. The Morgan fingerprint density at radius 1 is 1.18 bits per heavy atom. The second-order valence-corrected chi connectivity index (χ2v) is 5.14. The van der Waals surface area contributed by atoms with E-state index in [2.05, 4.69) is 0 Å². The predicted octanol–water partition coefficient (Wildman–Crippen LogP) is 1.70. The van der Waals surface area contributed by atoms with E-state index in [0.29, 0.717) is 5.69 Å². The van der Waals surface area contributed by atoms with E-state index in [4.69, 9.17) is 15.3 Å². The molecular weight excluding hydrogens is 290 g/mol. The Morgan fingerprint density at radius 2 is 1.82 bits per heavy atom. The summed E-state index contributed by atoms with van der Waals surface area (Å²) < 4.78 is 0. The summed E-state index contributed by atoms with van der Waals surface area (Å²) in [6.07, 6.45) is -0.164. The SMILES string of the molecule is Cc1ccc(C(=O)O)cc1N(CCC(=O)O)CC(C)C(=O)O. The number of carboxylic acid groups (broad SMARTS) is 3. The van der Waals surface area contributed by atoms with E-state index in [9.17, 15) is 14.4 Å². The minimum Gasteiger partial charge on any atom is -0.481 e. The summed E-state index contributed by atoms with van der Waals surface area (Å²) in [5.74, 6) is -3.79. The van der Waals surface area contributed by atoms with Crippen LogP contribution in [0, 0.1) is 12.8 Å². The van der Waals surface area contributed by atoms with E-state index in [1.54, 1.807) is 17.9 Å². The van der Waals surface area contributed by atoms with Gasteiger partial charge in [-0.2, -0.15) is 0 Å². The molecular formula is C15H19NO6. The maximum Gasteiger partial charge on any atom is 0.335 e. The molecule has 1 atom stereocenters. The quantitative estimate of drug-likeness (QED) is 0.669. The molecule has 0 fully saturated rings. The van der Waals surface area contributed by atoms with Crippen LogP contribution in [0.5, 0.6) is 0 Å². The van der Waals surface area contributed by atoms with Gasteiger partial charge in [0.05, 0.1) is 17.9 Å². The maximum absolute atomic E-state index is 11.1. The van der Waals surface area contributed by atoms with Gasteiger partial charge in [0.15, 0.2) is 0 Å². The fourth-order valence-corrected chi connectivity index (χ4v) is 2.03. The third kappa shape index (κ3) is 4.76. The molecule has 1 rings (SSSR count). The van der Waals surface area contributed by atoms with E-state index in [1.807, 2.05) is 0 Å². The van der Waals surface area contributed by atoms with E-state index in [1.165, 1.54) is 19.1 Å². The molecule has 0 saturated carbocycles. The third-order valence-electron chi connectivity index (χ3n) is 3.31. The Morgan fingerprint density at radius 3 is 2.32 bits per heavy atom. The number of hydrogen-bond donors (Lipinski definition) is 3. The lowest BCUT2D eigenvalue weighted by atomic mass is 10.1. The van der Waals surface area contributed by atoms with Crippen LogP contribution >= 0.6 is 0 Å². The van der Waals surface area contributed by atoms with Gasteiger partial charge in [0, 0.05) is 18.8 Å². The summed E-state index contributed by atoms with van der Waals surface area (Å²) >= 11 is 0. The van der Waals surface area contributed by atoms with Crippen molar-refractivity contribution in [2.24, 2.45) is 5.92 Å². The van der Waals surface area contributed by atoms with Crippen molar-refractivity contribution in [3.8, 4) is 0 Å². The number of carbonyl (C=O) groups is 3. The van der Waals surface area contributed by atoms with Gasteiger partial charge in [-0.05, 0) is 24.6 Å². The summed E-state index contributed by atoms with van der Waals surface area (Å²) in [5.41, 5.74) is 1.37. The van der Waals surface area contributed by atoms with Gasteiger partial charge in [-0.3, -0.25) is 9.59 Å². The number of anilines is 1. The smallest absolute Gasteiger partial charge is 0.335 e. The van der Waals surface area contributed by atoms with Crippen molar-refractivity contribution in [2.75, 3.05) is 18.0 Å². The molecule has 0 aliphatic rings. The van der Waals surface area contributed by atoms with E-state index < -0.39 is 23.8 Å². The minimum absolute atomic E-state index is 0.0731. The topological polar surface area (TPSA) is 115 Å². The van der Waals surface area contributed by atoms with Crippen molar-refractivity contribution in [1.82, 2.24) is 0 Å². The standard InChI is InChI=1S/C15H19NO6/c1-9-3-4-11(15(21)22)7-12(9)16(6-5-13(17)18)8-10(2)14(19)20/h3-4,7,10H,5-6,8H2,1-2H3,(H,17,18)(H,19,20)(H,21,22). The highest BCUT2D eigenvalue weighted by atomic mass is 16.4. The lowest BCUT2D eigenvalue weighted by Gasteiger charge is -2.28. The van der Waals surface area contributed by atoms with E-state index in [0.717, 1.165) is 5.56 Å². The lowest BCUT2D eigenvalue weighted by Crippen LogP contribution is -2.34. The Hall–Kier alpha value is -2.57. The summed E-state index contributed by atoms with van der Waals surface area (Å²) in [4.78, 5) is 34.5. The summed E-state index contributed by atoms with van der Waals surface area (Å²) in [6, 6.07) is 4.52. The first-order valence-electron chi connectivity index (χ1n) is 6.76. The van der Waals surface area contributed by atoms with Gasteiger partial charge in [-0.15, -0.1) is 0 Å². The molecule has 0 aliphatic carbocycles. The van der Waals surface area contributed by atoms with Crippen LogP contribution in [0.1, 0.15) is 29.3 Å². The molecule has 0 heterocycles. The van der Waals surface area contributed by atoms with Gasteiger partial charge in [0.1, 0.15) is 0 Å². The highest BCUT2D eigenvalue weighted by molar-refractivity contribution is 5.89. The Bertz CT molecular complexity index is 583.